The number of rotatable bonds is 4. The van der Waals surface area contributed by atoms with Crippen LogP contribution in [0.25, 0.3) is 11.4 Å². The Morgan fingerprint density at radius 2 is 1.89 bits per heavy atom. The van der Waals surface area contributed by atoms with Crippen LogP contribution in [0.5, 0.6) is 0 Å². The van der Waals surface area contributed by atoms with Crippen molar-refractivity contribution < 1.29 is 17.7 Å². The first-order valence-corrected chi connectivity index (χ1v) is 9.58. The Hall–Kier alpha value is -2.38. The average Bonchev–Trinajstić information content (AvgIpc) is 3.06. The zero-order valence-corrected chi connectivity index (χ0v) is 15.9. The van der Waals surface area contributed by atoms with Gasteiger partial charge in [0.05, 0.1) is 11.4 Å². The second-order valence-corrected chi connectivity index (χ2v) is 7.64. The molecule has 1 fully saturated rings. The van der Waals surface area contributed by atoms with Crippen LogP contribution in [-0.2, 0) is 6.18 Å². The van der Waals surface area contributed by atoms with Crippen molar-refractivity contribution in [3.63, 3.8) is 0 Å². The molecule has 0 bridgehead atoms. The van der Waals surface area contributed by atoms with Crippen LogP contribution in [0.2, 0.25) is 0 Å². The molecule has 1 aromatic carbocycles. The van der Waals surface area contributed by atoms with Crippen LogP contribution in [0.1, 0.15) is 67.9 Å². The van der Waals surface area contributed by atoms with Crippen molar-refractivity contribution in [3.05, 3.63) is 35.2 Å². The molecular formula is C20H25F3N4O. The molecule has 0 spiro atoms. The standard InChI is InChI=1S/C20H25F3N4O/c1-12-8-9-15(11-16(12)20(21,22)23)18-26-19(28-27-18)14-6-2-4-13(5-3-7-14)10-17(24)25/h8-9,11,13-14H,2-7,10H2,1H3,(H3,24,25). The van der Waals surface area contributed by atoms with E-state index in [0.29, 0.717) is 23.8 Å². The molecule has 0 saturated heterocycles. The molecule has 1 aliphatic carbocycles. The van der Waals surface area contributed by atoms with Gasteiger partial charge in [-0.25, -0.2) is 0 Å². The summed E-state index contributed by atoms with van der Waals surface area (Å²) in [5.74, 6) is 1.49. The fourth-order valence-corrected chi connectivity index (χ4v) is 3.94. The quantitative estimate of drug-likeness (QED) is 0.533. The normalized spacial score (nSPS) is 21.1. The Morgan fingerprint density at radius 1 is 1.21 bits per heavy atom. The maximum atomic E-state index is 13.1. The van der Waals surface area contributed by atoms with E-state index in [1.54, 1.807) is 6.07 Å². The lowest BCUT2D eigenvalue weighted by Gasteiger charge is -2.22. The number of hydrogen-bond donors (Lipinski definition) is 2. The predicted molar refractivity (Wildman–Crippen MR) is 99.9 cm³/mol. The van der Waals surface area contributed by atoms with Gasteiger partial charge in [0.15, 0.2) is 0 Å². The predicted octanol–water partition coefficient (Wildman–Crippen LogP) is 5.44. The second-order valence-electron chi connectivity index (χ2n) is 7.64. The maximum absolute atomic E-state index is 13.1. The number of halogens is 3. The first kappa shape index (κ1) is 20.4. The number of benzene rings is 1. The number of nitrogens with zero attached hydrogens (tertiary/aromatic N) is 2. The lowest BCUT2D eigenvalue weighted by molar-refractivity contribution is -0.138. The number of nitrogens with two attached hydrogens (primary N) is 1. The average molecular weight is 394 g/mol. The van der Waals surface area contributed by atoms with Gasteiger partial charge in [0.1, 0.15) is 0 Å². The Bertz CT molecular complexity index is 821. The molecule has 0 amide bonds. The number of hydrogen-bond acceptors (Lipinski definition) is 4. The summed E-state index contributed by atoms with van der Waals surface area (Å²) < 4.78 is 44.9. The van der Waals surface area contributed by atoms with Crippen LogP contribution in [0.4, 0.5) is 13.2 Å². The van der Waals surface area contributed by atoms with Gasteiger partial charge in [0, 0.05) is 17.9 Å². The Balaban J connectivity index is 1.72. The van der Waals surface area contributed by atoms with Gasteiger partial charge in [0.2, 0.25) is 11.7 Å². The molecule has 1 aliphatic rings. The Kier molecular flexibility index (Phi) is 6.05. The summed E-state index contributed by atoms with van der Waals surface area (Å²) in [5.41, 5.74) is 5.31. The van der Waals surface area contributed by atoms with Crippen molar-refractivity contribution in [2.24, 2.45) is 11.7 Å². The molecule has 152 valence electrons. The topological polar surface area (TPSA) is 88.8 Å². The molecule has 0 radical (unpaired) electrons. The summed E-state index contributed by atoms with van der Waals surface area (Å²) >= 11 is 0. The first-order valence-electron chi connectivity index (χ1n) is 9.58. The molecule has 5 nitrogen and oxygen atoms in total. The van der Waals surface area contributed by atoms with Crippen LogP contribution in [0.15, 0.2) is 22.7 Å². The van der Waals surface area contributed by atoms with Crippen LogP contribution in [0.3, 0.4) is 0 Å². The molecule has 2 aromatic rings. The van der Waals surface area contributed by atoms with Crippen molar-refractivity contribution in [2.45, 2.75) is 64.0 Å². The largest absolute Gasteiger partial charge is 0.416 e. The van der Waals surface area contributed by atoms with E-state index in [-0.39, 0.29) is 23.1 Å². The zero-order chi connectivity index (χ0) is 20.3. The molecule has 0 atom stereocenters. The highest BCUT2D eigenvalue weighted by Gasteiger charge is 2.33. The molecular weight excluding hydrogens is 369 g/mol. The molecule has 1 saturated carbocycles. The number of alkyl halides is 3. The van der Waals surface area contributed by atoms with Gasteiger partial charge in [-0.05, 0) is 50.2 Å². The molecule has 3 N–H and O–H groups in total. The van der Waals surface area contributed by atoms with Crippen LogP contribution < -0.4 is 5.73 Å². The molecule has 8 heteroatoms. The lowest BCUT2D eigenvalue weighted by Crippen LogP contribution is -2.17. The van der Waals surface area contributed by atoms with Gasteiger partial charge in [-0.2, -0.15) is 18.2 Å². The van der Waals surface area contributed by atoms with Gasteiger partial charge < -0.3 is 10.3 Å². The summed E-state index contributed by atoms with van der Waals surface area (Å²) in [6.07, 6.45) is 1.96. The third-order valence-corrected chi connectivity index (χ3v) is 5.43. The highest BCUT2D eigenvalue weighted by Crippen LogP contribution is 2.36. The Morgan fingerprint density at radius 3 is 2.50 bits per heavy atom. The van der Waals surface area contributed by atoms with Crippen molar-refractivity contribution in [1.82, 2.24) is 10.1 Å². The molecule has 0 aliphatic heterocycles. The highest BCUT2D eigenvalue weighted by atomic mass is 19.4. The van der Waals surface area contributed by atoms with Crippen LogP contribution in [0, 0.1) is 18.3 Å². The van der Waals surface area contributed by atoms with Gasteiger partial charge in [0.25, 0.3) is 0 Å². The highest BCUT2D eigenvalue weighted by molar-refractivity contribution is 5.77. The van der Waals surface area contributed by atoms with Crippen molar-refractivity contribution in [2.75, 3.05) is 0 Å². The number of amidine groups is 1. The SMILES string of the molecule is Cc1ccc(-c2noc(C3CCCC(CC(=N)N)CCC3)n2)cc1C(F)(F)F. The van der Waals surface area contributed by atoms with Crippen molar-refractivity contribution in [3.8, 4) is 11.4 Å². The molecule has 3 rings (SSSR count). The number of nitrogens with one attached hydrogen (secondary N) is 1. The fourth-order valence-electron chi connectivity index (χ4n) is 3.94. The van der Waals surface area contributed by atoms with Crippen molar-refractivity contribution in [1.29, 1.82) is 5.41 Å². The molecule has 28 heavy (non-hydrogen) atoms. The molecule has 1 heterocycles. The summed E-state index contributed by atoms with van der Waals surface area (Å²) in [6.45, 7) is 1.43. The van der Waals surface area contributed by atoms with E-state index in [2.05, 4.69) is 10.1 Å². The first-order chi connectivity index (χ1) is 13.2. The summed E-state index contributed by atoms with van der Waals surface area (Å²) in [6, 6.07) is 4.09. The van der Waals surface area contributed by atoms with E-state index in [4.69, 9.17) is 15.7 Å². The van der Waals surface area contributed by atoms with Crippen LogP contribution >= 0.6 is 0 Å². The maximum Gasteiger partial charge on any atom is 0.416 e. The van der Waals surface area contributed by atoms with Crippen molar-refractivity contribution >= 4 is 5.84 Å². The van der Waals surface area contributed by atoms with E-state index in [1.165, 1.54) is 13.0 Å². The van der Waals surface area contributed by atoms with Crippen LogP contribution in [-0.4, -0.2) is 16.0 Å². The monoisotopic (exact) mass is 394 g/mol. The van der Waals surface area contributed by atoms with E-state index in [1.807, 2.05) is 0 Å². The summed E-state index contributed by atoms with van der Waals surface area (Å²) in [4.78, 5) is 4.40. The number of aryl methyl sites for hydroxylation is 1. The molecule has 0 unspecified atom stereocenters. The third-order valence-electron chi connectivity index (χ3n) is 5.43. The van der Waals surface area contributed by atoms with Gasteiger partial charge in [-0.3, -0.25) is 5.41 Å². The minimum Gasteiger partial charge on any atom is -0.388 e. The van der Waals surface area contributed by atoms with E-state index < -0.39 is 11.7 Å². The van der Waals surface area contributed by atoms with Gasteiger partial charge in [-0.15, -0.1) is 0 Å². The Labute approximate surface area is 162 Å². The minimum absolute atomic E-state index is 0.118. The smallest absolute Gasteiger partial charge is 0.388 e. The summed E-state index contributed by atoms with van der Waals surface area (Å²) in [5, 5.41) is 11.4. The van der Waals surface area contributed by atoms with E-state index >= 15 is 0 Å². The van der Waals surface area contributed by atoms with Gasteiger partial charge in [-0.1, -0.05) is 30.1 Å². The van der Waals surface area contributed by atoms with E-state index in [0.717, 1.165) is 44.6 Å². The number of aromatic nitrogens is 2. The van der Waals surface area contributed by atoms with E-state index in [9.17, 15) is 13.2 Å². The minimum atomic E-state index is -4.41. The fraction of sp³-hybridized carbons (Fsp3) is 0.550. The second kappa shape index (κ2) is 8.32. The molecule has 1 aromatic heterocycles. The zero-order valence-electron chi connectivity index (χ0n) is 15.9. The van der Waals surface area contributed by atoms with Gasteiger partial charge >= 0.3 is 6.18 Å². The third kappa shape index (κ3) is 4.91. The summed E-state index contributed by atoms with van der Waals surface area (Å²) in [7, 11) is 0. The lowest BCUT2D eigenvalue weighted by atomic mass is 9.84.